The summed E-state index contributed by atoms with van der Waals surface area (Å²) in [5, 5.41) is 12.0. The molecule has 2 nitrogen and oxygen atoms in total. The summed E-state index contributed by atoms with van der Waals surface area (Å²) < 4.78 is 13.6. The fourth-order valence-corrected chi connectivity index (χ4v) is 1.72. The van der Waals surface area contributed by atoms with Crippen molar-refractivity contribution < 1.29 is 9.50 Å². The Bertz CT molecular complexity index is 523. The number of nitrogens with one attached hydrogen (secondary N) is 1. The van der Waals surface area contributed by atoms with Gasteiger partial charge < -0.3 is 10.4 Å². The van der Waals surface area contributed by atoms with E-state index in [2.05, 4.69) is 5.32 Å². The summed E-state index contributed by atoms with van der Waals surface area (Å²) in [6.45, 7) is 2.46. The summed E-state index contributed by atoms with van der Waals surface area (Å²) in [5.74, 6) is -0.234. The molecule has 2 rings (SSSR count). The third-order valence-electron chi connectivity index (χ3n) is 2.81. The van der Waals surface area contributed by atoms with Crippen LogP contribution in [0.15, 0.2) is 42.5 Å². The van der Waals surface area contributed by atoms with E-state index in [1.165, 1.54) is 6.07 Å². The van der Waals surface area contributed by atoms with E-state index < -0.39 is 0 Å². The summed E-state index contributed by atoms with van der Waals surface area (Å²) in [6.07, 6.45) is 0. The smallest absolute Gasteiger partial charge is 0.146 e. The zero-order chi connectivity index (χ0) is 13.0. The van der Waals surface area contributed by atoms with E-state index in [1.807, 2.05) is 37.3 Å². The summed E-state index contributed by atoms with van der Waals surface area (Å²) >= 11 is 0. The van der Waals surface area contributed by atoms with Gasteiger partial charge in [-0.15, -0.1) is 0 Å². The van der Waals surface area contributed by atoms with Crippen LogP contribution in [-0.2, 0) is 13.2 Å². The number of hydrogen-bond acceptors (Lipinski definition) is 2. The van der Waals surface area contributed by atoms with Gasteiger partial charge in [0.1, 0.15) is 5.82 Å². The van der Waals surface area contributed by atoms with E-state index >= 15 is 0 Å². The van der Waals surface area contributed by atoms with E-state index in [1.54, 1.807) is 6.07 Å². The Morgan fingerprint density at radius 2 is 1.72 bits per heavy atom. The Morgan fingerprint density at radius 1 is 1.06 bits per heavy atom. The Morgan fingerprint density at radius 3 is 2.33 bits per heavy atom. The molecule has 0 heterocycles. The largest absolute Gasteiger partial charge is 0.392 e. The first-order valence-corrected chi connectivity index (χ1v) is 5.88. The Hall–Kier alpha value is -1.87. The number of aliphatic hydroxyl groups excluding tert-OH is 1. The lowest BCUT2D eigenvalue weighted by molar-refractivity contribution is 0.282. The number of rotatable bonds is 4. The first kappa shape index (κ1) is 12.6. The minimum absolute atomic E-state index is 0.0420. The molecule has 2 aromatic carbocycles. The molecular formula is C15H16FNO. The second kappa shape index (κ2) is 5.65. The van der Waals surface area contributed by atoms with Crippen LogP contribution < -0.4 is 5.32 Å². The SMILES string of the molecule is Cc1ccc(NCc2ccc(CO)cc2)c(F)c1. The van der Waals surface area contributed by atoms with Crippen molar-refractivity contribution in [3.63, 3.8) is 0 Å². The molecule has 0 saturated heterocycles. The normalized spacial score (nSPS) is 10.4. The van der Waals surface area contributed by atoms with E-state index in [4.69, 9.17) is 5.11 Å². The van der Waals surface area contributed by atoms with Gasteiger partial charge in [0.2, 0.25) is 0 Å². The van der Waals surface area contributed by atoms with Crippen molar-refractivity contribution in [2.45, 2.75) is 20.1 Å². The van der Waals surface area contributed by atoms with Crippen molar-refractivity contribution in [3.8, 4) is 0 Å². The molecule has 2 N–H and O–H groups in total. The van der Waals surface area contributed by atoms with Gasteiger partial charge in [-0.2, -0.15) is 0 Å². The molecule has 2 aromatic rings. The molecule has 0 aromatic heterocycles. The molecule has 0 amide bonds. The van der Waals surface area contributed by atoms with Gasteiger partial charge in [-0.05, 0) is 35.7 Å². The lowest BCUT2D eigenvalue weighted by Crippen LogP contribution is -2.01. The number of aliphatic hydroxyl groups is 1. The zero-order valence-corrected chi connectivity index (χ0v) is 10.3. The lowest BCUT2D eigenvalue weighted by Gasteiger charge is -2.08. The fourth-order valence-electron chi connectivity index (χ4n) is 1.72. The first-order chi connectivity index (χ1) is 8.69. The second-order valence-electron chi connectivity index (χ2n) is 4.31. The molecular weight excluding hydrogens is 229 g/mol. The minimum Gasteiger partial charge on any atom is -0.392 e. The van der Waals surface area contributed by atoms with Crippen LogP contribution in [0.1, 0.15) is 16.7 Å². The highest BCUT2D eigenvalue weighted by Gasteiger charge is 2.01. The highest BCUT2D eigenvalue weighted by Crippen LogP contribution is 2.16. The molecule has 3 heteroatoms. The summed E-state index contributed by atoms with van der Waals surface area (Å²) in [7, 11) is 0. The molecule has 0 unspecified atom stereocenters. The maximum Gasteiger partial charge on any atom is 0.146 e. The first-order valence-electron chi connectivity index (χ1n) is 5.88. The van der Waals surface area contributed by atoms with Crippen molar-refractivity contribution in [3.05, 3.63) is 65.0 Å². The molecule has 0 aliphatic rings. The lowest BCUT2D eigenvalue weighted by atomic mass is 10.1. The Labute approximate surface area is 106 Å². The van der Waals surface area contributed by atoms with Gasteiger partial charge in [0.05, 0.1) is 12.3 Å². The molecule has 0 aliphatic carbocycles. The molecule has 0 saturated carbocycles. The summed E-state index contributed by atoms with van der Waals surface area (Å²) in [6, 6.07) is 12.7. The van der Waals surface area contributed by atoms with Gasteiger partial charge in [-0.1, -0.05) is 30.3 Å². The standard InChI is InChI=1S/C15H16FNO/c1-11-2-7-15(14(16)8-11)17-9-12-3-5-13(10-18)6-4-12/h2-8,17-18H,9-10H2,1H3. The minimum atomic E-state index is -0.234. The van der Waals surface area contributed by atoms with Crippen LogP contribution in [0.25, 0.3) is 0 Å². The maximum absolute atomic E-state index is 13.6. The molecule has 94 valence electrons. The van der Waals surface area contributed by atoms with Crippen molar-refractivity contribution >= 4 is 5.69 Å². The van der Waals surface area contributed by atoms with Gasteiger partial charge in [0.25, 0.3) is 0 Å². The van der Waals surface area contributed by atoms with Crippen LogP contribution in [0.4, 0.5) is 10.1 Å². The predicted molar refractivity (Wildman–Crippen MR) is 70.8 cm³/mol. The summed E-state index contributed by atoms with van der Waals surface area (Å²) in [5.41, 5.74) is 3.34. The Balaban J connectivity index is 2.02. The third kappa shape index (κ3) is 3.08. The molecule has 0 radical (unpaired) electrons. The molecule has 0 fully saturated rings. The predicted octanol–water partition coefficient (Wildman–Crippen LogP) is 3.24. The number of halogens is 1. The number of benzene rings is 2. The van der Waals surface area contributed by atoms with Crippen molar-refractivity contribution in [1.29, 1.82) is 0 Å². The monoisotopic (exact) mass is 245 g/mol. The molecule has 18 heavy (non-hydrogen) atoms. The van der Waals surface area contributed by atoms with Gasteiger partial charge in [-0.25, -0.2) is 4.39 Å². The van der Waals surface area contributed by atoms with Gasteiger partial charge in [0, 0.05) is 6.54 Å². The highest BCUT2D eigenvalue weighted by molar-refractivity contribution is 5.46. The maximum atomic E-state index is 13.6. The molecule has 0 aliphatic heterocycles. The molecule has 0 atom stereocenters. The highest BCUT2D eigenvalue weighted by atomic mass is 19.1. The van der Waals surface area contributed by atoms with Gasteiger partial charge >= 0.3 is 0 Å². The van der Waals surface area contributed by atoms with Crippen LogP contribution in [0, 0.1) is 12.7 Å². The third-order valence-corrected chi connectivity index (χ3v) is 2.81. The van der Waals surface area contributed by atoms with Crippen LogP contribution in [0.2, 0.25) is 0 Å². The Kier molecular flexibility index (Phi) is 3.95. The fraction of sp³-hybridized carbons (Fsp3) is 0.200. The van der Waals surface area contributed by atoms with Crippen LogP contribution in [0.5, 0.6) is 0 Å². The average molecular weight is 245 g/mol. The van der Waals surface area contributed by atoms with Crippen molar-refractivity contribution in [2.75, 3.05) is 5.32 Å². The second-order valence-corrected chi connectivity index (χ2v) is 4.31. The van der Waals surface area contributed by atoms with Crippen LogP contribution in [-0.4, -0.2) is 5.11 Å². The average Bonchev–Trinajstić information content (AvgIpc) is 2.38. The molecule has 0 spiro atoms. The number of hydrogen-bond donors (Lipinski definition) is 2. The topological polar surface area (TPSA) is 32.3 Å². The van der Waals surface area contributed by atoms with Crippen LogP contribution in [0.3, 0.4) is 0 Å². The number of anilines is 1. The van der Waals surface area contributed by atoms with Crippen molar-refractivity contribution in [1.82, 2.24) is 0 Å². The number of aryl methyl sites for hydroxylation is 1. The quantitative estimate of drug-likeness (QED) is 0.866. The van der Waals surface area contributed by atoms with Gasteiger partial charge in [0.15, 0.2) is 0 Å². The van der Waals surface area contributed by atoms with E-state index in [9.17, 15) is 4.39 Å². The zero-order valence-electron chi connectivity index (χ0n) is 10.3. The van der Waals surface area contributed by atoms with Gasteiger partial charge in [-0.3, -0.25) is 0 Å². The summed E-state index contributed by atoms with van der Waals surface area (Å²) in [4.78, 5) is 0. The molecule has 0 bridgehead atoms. The van der Waals surface area contributed by atoms with Crippen molar-refractivity contribution in [2.24, 2.45) is 0 Å². The van der Waals surface area contributed by atoms with E-state index in [-0.39, 0.29) is 12.4 Å². The van der Waals surface area contributed by atoms with E-state index in [0.29, 0.717) is 12.2 Å². The van der Waals surface area contributed by atoms with E-state index in [0.717, 1.165) is 16.7 Å². The van der Waals surface area contributed by atoms with Crippen LogP contribution >= 0.6 is 0 Å².